The Morgan fingerprint density at radius 1 is 1.27 bits per heavy atom. The van der Waals surface area contributed by atoms with E-state index in [2.05, 4.69) is 10.5 Å². The van der Waals surface area contributed by atoms with E-state index in [9.17, 15) is 13.2 Å². The number of hydrogen-bond acceptors (Lipinski definition) is 5. The molecule has 0 aliphatic rings. The molecular weight excluding hydrogens is 306 g/mol. The molecule has 7 nitrogen and oxygen atoms in total. The normalized spacial score (nSPS) is 12.4. The van der Waals surface area contributed by atoms with Crippen LogP contribution in [0.3, 0.4) is 0 Å². The Morgan fingerprint density at radius 2 is 1.86 bits per heavy atom. The van der Waals surface area contributed by atoms with Crippen molar-refractivity contribution in [3.63, 3.8) is 0 Å². The predicted octanol–water partition coefficient (Wildman–Crippen LogP) is 1.46. The summed E-state index contributed by atoms with van der Waals surface area (Å²) in [6.07, 6.45) is 0. The SMILES string of the molecule is Cc1noc(C)c1S(=O)(=O)N(CC(=O)NC(C)C)CC(C)C. The first-order valence-electron chi connectivity index (χ1n) is 7.28. The smallest absolute Gasteiger partial charge is 0.248 e. The summed E-state index contributed by atoms with van der Waals surface area (Å²) in [6, 6.07) is -0.0461. The molecule has 0 saturated carbocycles. The van der Waals surface area contributed by atoms with Crippen molar-refractivity contribution >= 4 is 15.9 Å². The first kappa shape index (κ1) is 18.6. The van der Waals surface area contributed by atoms with Crippen LogP contribution in [0.25, 0.3) is 0 Å². The van der Waals surface area contributed by atoms with Crippen LogP contribution < -0.4 is 5.32 Å². The van der Waals surface area contributed by atoms with Gasteiger partial charge in [-0.25, -0.2) is 8.42 Å². The van der Waals surface area contributed by atoms with Gasteiger partial charge < -0.3 is 9.84 Å². The molecule has 0 unspecified atom stereocenters. The van der Waals surface area contributed by atoms with Crippen LogP contribution in [0.5, 0.6) is 0 Å². The molecule has 0 aromatic carbocycles. The second-order valence-corrected chi connectivity index (χ2v) is 7.94. The highest BCUT2D eigenvalue weighted by Crippen LogP contribution is 2.23. The van der Waals surface area contributed by atoms with E-state index < -0.39 is 10.0 Å². The Kier molecular flexibility index (Phi) is 6.13. The number of carbonyl (C=O) groups is 1. The maximum atomic E-state index is 12.8. The number of aryl methyl sites for hydroxylation is 2. The fourth-order valence-electron chi connectivity index (χ4n) is 2.15. The molecule has 0 aliphatic carbocycles. The second-order valence-electron chi connectivity index (χ2n) is 6.07. The number of aromatic nitrogens is 1. The minimum atomic E-state index is -3.83. The van der Waals surface area contributed by atoms with Crippen molar-refractivity contribution in [2.75, 3.05) is 13.1 Å². The van der Waals surface area contributed by atoms with E-state index >= 15 is 0 Å². The molecule has 0 aliphatic heterocycles. The van der Waals surface area contributed by atoms with Gasteiger partial charge in [0.25, 0.3) is 0 Å². The molecule has 22 heavy (non-hydrogen) atoms. The van der Waals surface area contributed by atoms with E-state index in [4.69, 9.17) is 4.52 Å². The number of nitrogens with one attached hydrogen (secondary N) is 1. The van der Waals surface area contributed by atoms with E-state index in [0.717, 1.165) is 0 Å². The van der Waals surface area contributed by atoms with Crippen LogP contribution in [0.15, 0.2) is 9.42 Å². The van der Waals surface area contributed by atoms with Crippen LogP contribution in [0, 0.1) is 19.8 Å². The Labute approximate surface area is 132 Å². The third kappa shape index (κ3) is 4.54. The van der Waals surface area contributed by atoms with Crippen LogP contribution in [-0.4, -0.2) is 42.9 Å². The van der Waals surface area contributed by atoms with E-state index in [1.54, 1.807) is 13.8 Å². The van der Waals surface area contributed by atoms with Gasteiger partial charge in [0.15, 0.2) is 5.76 Å². The molecular formula is C14H25N3O4S. The highest BCUT2D eigenvalue weighted by atomic mass is 32.2. The van der Waals surface area contributed by atoms with Crippen LogP contribution in [0.1, 0.15) is 39.1 Å². The molecule has 1 N–H and O–H groups in total. The van der Waals surface area contributed by atoms with Gasteiger partial charge in [-0.05, 0) is 33.6 Å². The summed E-state index contributed by atoms with van der Waals surface area (Å²) in [5.74, 6) is -0.0105. The zero-order valence-corrected chi connectivity index (χ0v) is 14.8. The molecule has 1 aromatic rings. The molecule has 0 fully saturated rings. The molecule has 8 heteroatoms. The highest BCUT2D eigenvalue weighted by molar-refractivity contribution is 7.89. The van der Waals surface area contributed by atoms with Gasteiger partial charge in [-0.1, -0.05) is 19.0 Å². The Balaban J connectivity index is 3.13. The molecule has 0 atom stereocenters. The van der Waals surface area contributed by atoms with Crippen molar-refractivity contribution in [2.24, 2.45) is 5.92 Å². The number of hydrogen-bond donors (Lipinski definition) is 1. The summed E-state index contributed by atoms with van der Waals surface area (Å²) in [6.45, 7) is 10.6. The Hall–Kier alpha value is -1.41. The minimum Gasteiger partial charge on any atom is -0.360 e. The number of rotatable bonds is 7. The average molecular weight is 331 g/mol. The van der Waals surface area contributed by atoms with E-state index in [1.807, 2.05) is 27.7 Å². The molecule has 126 valence electrons. The van der Waals surface area contributed by atoms with Gasteiger partial charge in [-0.15, -0.1) is 0 Å². The summed E-state index contributed by atoms with van der Waals surface area (Å²) < 4.78 is 31.8. The summed E-state index contributed by atoms with van der Waals surface area (Å²) in [4.78, 5) is 12.0. The molecule has 0 spiro atoms. The fraction of sp³-hybridized carbons (Fsp3) is 0.714. The van der Waals surface area contributed by atoms with Crippen molar-refractivity contribution in [2.45, 2.75) is 52.5 Å². The average Bonchev–Trinajstić information content (AvgIpc) is 2.66. The second kappa shape index (κ2) is 7.23. The summed E-state index contributed by atoms with van der Waals surface area (Å²) >= 11 is 0. The van der Waals surface area contributed by atoms with Gasteiger partial charge in [0.2, 0.25) is 15.9 Å². The molecule has 0 bridgehead atoms. The fourth-order valence-corrected chi connectivity index (χ4v) is 4.01. The first-order valence-corrected chi connectivity index (χ1v) is 8.72. The van der Waals surface area contributed by atoms with Gasteiger partial charge in [-0.2, -0.15) is 4.31 Å². The quantitative estimate of drug-likeness (QED) is 0.816. The zero-order chi connectivity index (χ0) is 17.1. The van der Waals surface area contributed by atoms with Gasteiger partial charge in [0, 0.05) is 12.6 Å². The Morgan fingerprint density at radius 3 is 2.27 bits per heavy atom. The van der Waals surface area contributed by atoms with Crippen molar-refractivity contribution in [3.05, 3.63) is 11.5 Å². The van der Waals surface area contributed by atoms with Crippen LogP contribution in [0.4, 0.5) is 0 Å². The topological polar surface area (TPSA) is 92.5 Å². The number of nitrogens with zero attached hydrogens (tertiary/aromatic N) is 2. The minimum absolute atomic E-state index is 0.0461. The highest BCUT2D eigenvalue weighted by Gasteiger charge is 2.32. The molecule has 1 aromatic heterocycles. The molecule has 1 heterocycles. The number of carbonyl (C=O) groups excluding carboxylic acids is 1. The van der Waals surface area contributed by atoms with Crippen LogP contribution in [-0.2, 0) is 14.8 Å². The third-order valence-corrected chi connectivity index (χ3v) is 4.96. The molecule has 1 amide bonds. The van der Waals surface area contributed by atoms with E-state index in [0.29, 0.717) is 5.69 Å². The lowest BCUT2D eigenvalue weighted by Gasteiger charge is -2.23. The van der Waals surface area contributed by atoms with Crippen molar-refractivity contribution in [1.82, 2.24) is 14.8 Å². The summed E-state index contributed by atoms with van der Waals surface area (Å²) in [5.41, 5.74) is 0.301. The van der Waals surface area contributed by atoms with Crippen molar-refractivity contribution in [1.29, 1.82) is 0 Å². The lowest BCUT2D eigenvalue weighted by molar-refractivity contribution is -0.121. The van der Waals surface area contributed by atoms with E-state index in [-0.39, 0.29) is 41.6 Å². The summed E-state index contributed by atoms with van der Waals surface area (Å²) in [7, 11) is -3.83. The predicted molar refractivity (Wildman–Crippen MR) is 82.9 cm³/mol. The van der Waals surface area contributed by atoms with Crippen molar-refractivity contribution < 1.29 is 17.7 Å². The van der Waals surface area contributed by atoms with Crippen LogP contribution in [0.2, 0.25) is 0 Å². The molecule has 1 rings (SSSR count). The zero-order valence-electron chi connectivity index (χ0n) is 14.0. The lowest BCUT2D eigenvalue weighted by atomic mass is 10.2. The number of amides is 1. The maximum absolute atomic E-state index is 12.8. The van der Waals surface area contributed by atoms with E-state index in [1.165, 1.54) is 4.31 Å². The third-order valence-electron chi connectivity index (χ3n) is 2.90. The monoisotopic (exact) mass is 331 g/mol. The van der Waals surface area contributed by atoms with Gasteiger partial charge in [-0.3, -0.25) is 4.79 Å². The van der Waals surface area contributed by atoms with Crippen LogP contribution >= 0.6 is 0 Å². The first-order chi connectivity index (χ1) is 10.1. The largest absolute Gasteiger partial charge is 0.360 e. The maximum Gasteiger partial charge on any atom is 0.248 e. The lowest BCUT2D eigenvalue weighted by Crippen LogP contribution is -2.44. The molecule has 0 saturated heterocycles. The number of sulfonamides is 1. The molecule has 0 radical (unpaired) electrons. The van der Waals surface area contributed by atoms with Gasteiger partial charge >= 0.3 is 0 Å². The van der Waals surface area contributed by atoms with Gasteiger partial charge in [0.05, 0.1) is 6.54 Å². The van der Waals surface area contributed by atoms with Crippen molar-refractivity contribution in [3.8, 4) is 0 Å². The Bertz CT molecular complexity index is 601. The van der Waals surface area contributed by atoms with Gasteiger partial charge in [0.1, 0.15) is 10.6 Å². The summed E-state index contributed by atoms with van der Waals surface area (Å²) in [5, 5.41) is 6.40. The standard InChI is InChI=1S/C14H25N3O4S/c1-9(2)7-17(8-13(18)15-10(3)4)22(19,20)14-11(5)16-21-12(14)6/h9-10H,7-8H2,1-6H3,(H,15,18).